The third-order valence-corrected chi connectivity index (χ3v) is 0.773. The third-order valence-electron chi connectivity index (χ3n) is 0.773. The van der Waals surface area contributed by atoms with Crippen molar-refractivity contribution in [3.63, 3.8) is 0 Å². The highest BCUT2D eigenvalue weighted by Gasteiger charge is 2.27. The zero-order valence-corrected chi connectivity index (χ0v) is 5.49. The number of methoxy groups -OCH3 is 1. The maximum absolute atomic E-state index is 12.0. The Bertz CT molecular complexity index is 75.4. The van der Waals surface area contributed by atoms with Crippen LogP contribution in [0.1, 0.15) is 6.92 Å². The molecule has 0 aliphatic heterocycles. The molecule has 0 aliphatic carbocycles. The quantitative estimate of drug-likeness (QED) is 0.585. The van der Waals surface area contributed by atoms with Crippen molar-refractivity contribution in [2.75, 3.05) is 20.3 Å². The topological polar surface area (TPSA) is 18.5 Å². The van der Waals surface area contributed by atoms with Crippen molar-refractivity contribution in [3.8, 4) is 0 Å². The number of hydrogen-bond acceptors (Lipinski definition) is 2. The molecule has 0 unspecified atom stereocenters. The molecule has 0 amide bonds. The van der Waals surface area contributed by atoms with E-state index in [1.54, 1.807) is 6.92 Å². The molecular formula is C5H10F2O2. The van der Waals surface area contributed by atoms with E-state index in [4.69, 9.17) is 0 Å². The molecule has 0 aromatic rings. The summed E-state index contributed by atoms with van der Waals surface area (Å²) in [6.45, 7) is 1.25. The molecule has 56 valence electrons. The zero-order valence-electron chi connectivity index (χ0n) is 5.49. The normalized spacial score (nSPS) is 12.0. The van der Waals surface area contributed by atoms with Crippen LogP contribution in [0.3, 0.4) is 0 Å². The number of alkyl halides is 2. The second-order valence-electron chi connectivity index (χ2n) is 1.48. The van der Waals surface area contributed by atoms with Crippen molar-refractivity contribution in [1.82, 2.24) is 0 Å². The Balaban J connectivity index is 3.33. The van der Waals surface area contributed by atoms with Gasteiger partial charge >= 0.3 is 6.11 Å². The lowest BCUT2D eigenvalue weighted by molar-refractivity contribution is -0.249. The van der Waals surface area contributed by atoms with E-state index < -0.39 is 12.7 Å². The summed E-state index contributed by atoms with van der Waals surface area (Å²) in [5.41, 5.74) is 0. The molecular weight excluding hydrogens is 130 g/mol. The number of hydrogen-bond donors (Lipinski definition) is 0. The van der Waals surface area contributed by atoms with Gasteiger partial charge in [-0.25, -0.2) is 0 Å². The Morgan fingerprint density at radius 3 is 2.33 bits per heavy atom. The Labute approximate surface area is 52.8 Å². The molecule has 0 radical (unpaired) electrons. The van der Waals surface area contributed by atoms with Gasteiger partial charge in [-0.05, 0) is 6.92 Å². The Hall–Kier alpha value is -0.220. The van der Waals surface area contributed by atoms with Gasteiger partial charge in [-0.15, -0.1) is 0 Å². The lowest BCUT2D eigenvalue weighted by atomic mass is 10.6. The molecule has 4 heteroatoms. The highest BCUT2D eigenvalue weighted by Crippen LogP contribution is 2.13. The first-order valence-corrected chi connectivity index (χ1v) is 2.63. The van der Waals surface area contributed by atoms with Gasteiger partial charge < -0.3 is 9.47 Å². The number of rotatable bonds is 4. The SMILES string of the molecule is CCOCC(F)(F)OC. The maximum atomic E-state index is 12.0. The first-order valence-electron chi connectivity index (χ1n) is 2.63. The van der Waals surface area contributed by atoms with E-state index in [0.717, 1.165) is 7.11 Å². The standard InChI is InChI=1S/C5H10F2O2/c1-3-9-4-5(6,7)8-2/h3-4H2,1-2H3. The van der Waals surface area contributed by atoms with Gasteiger partial charge in [0.1, 0.15) is 6.61 Å². The molecule has 0 heterocycles. The Kier molecular flexibility index (Phi) is 3.65. The van der Waals surface area contributed by atoms with Gasteiger partial charge in [-0.2, -0.15) is 8.78 Å². The maximum Gasteiger partial charge on any atom is 0.378 e. The van der Waals surface area contributed by atoms with Crippen LogP contribution in [0.4, 0.5) is 8.78 Å². The summed E-state index contributed by atoms with van der Waals surface area (Å²) in [5.74, 6) is 0. The van der Waals surface area contributed by atoms with Crippen molar-refractivity contribution < 1.29 is 18.3 Å². The molecule has 2 nitrogen and oxygen atoms in total. The molecule has 0 N–H and O–H groups in total. The van der Waals surface area contributed by atoms with Crippen LogP contribution >= 0.6 is 0 Å². The molecule has 0 spiro atoms. The highest BCUT2D eigenvalue weighted by molar-refractivity contribution is 4.46. The van der Waals surface area contributed by atoms with Crippen LogP contribution in [0, 0.1) is 0 Å². The summed E-state index contributed by atoms with van der Waals surface area (Å²) in [6.07, 6.45) is -3.13. The molecule has 0 aromatic heterocycles. The molecule has 0 saturated carbocycles. The lowest BCUT2D eigenvalue weighted by Crippen LogP contribution is -2.25. The van der Waals surface area contributed by atoms with Gasteiger partial charge in [0.05, 0.1) is 0 Å². The molecule has 0 bridgehead atoms. The van der Waals surface area contributed by atoms with E-state index in [9.17, 15) is 8.78 Å². The summed E-state index contributed by atoms with van der Waals surface area (Å²) in [6, 6.07) is 0. The van der Waals surface area contributed by atoms with Crippen LogP contribution in [-0.2, 0) is 9.47 Å². The molecule has 0 fully saturated rings. The minimum Gasteiger partial charge on any atom is -0.373 e. The Morgan fingerprint density at radius 2 is 2.00 bits per heavy atom. The second kappa shape index (κ2) is 3.74. The largest absolute Gasteiger partial charge is 0.378 e. The Morgan fingerprint density at radius 1 is 1.44 bits per heavy atom. The van der Waals surface area contributed by atoms with Crippen molar-refractivity contribution in [2.45, 2.75) is 13.0 Å². The molecule has 0 aliphatic rings. The second-order valence-corrected chi connectivity index (χ2v) is 1.48. The fraction of sp³-hybridized carbons (Fsp3) is 1.00. The van der Waals surface area contributed by atoms with Crippen LogP contribution in [0.5, 0.6) is 0 Å². The van der Waals surface area contributed by atoms with Crippen LogP contribution in [0.25, 0.3) is 0 Å². The van der Waals surface area contributed by atoms with Gasteiger partial charge in [0.15, 0.2) is 0 Å². The smallest absolute Gasteiger partial charge is 0.373 e. The van der Waals surface area contributed by atoms with Gasteiger partial charge in [0.2, 0.25) is 0 Å². The first-order chi connectivity index (χ1) is 4.12. The van der Waals surface area contributed by atoms with Gasteiger partial charge in [-0.3, -0.25) is 0 Å². The molecule has 9 heavy (non-hydrogen) atoms. The number of halogens is 2. The van der Waals surface area contributed by atoms with Gasteiger partial charge in [0, 0.05) is 13.7 Å². The van der Waals surface area contributed by atoms with Crippen molar-refractivity contribution in [3.05, 3.63) is 0 Å². The van der Waals surface area contributed by atoms with E-state index in [-0.39, 0.29) is 6.61 Å². The van der Waals surface area contributed by atoms with Crippen LogP contribution in [0.15, 0.2) is 0 Å². The van der Waals surface area contributed by atoms with Crippen molar-refractivity contribution in [2.24, 2.45) is 0 Å². The van der Waals surface area contributed by atoms with Crippen molar-refractivity contribution in [1.29, 1.82) is 0 Å². The fourth-order valence-electron chi connectivity index (χ4n) is 0.280. The fourth-order valence-corrected chi connectivity index (χ4v) is 0.280. The van der Waals surface area contributed by atoms with Crippen LogP contribution in [-0.4, -0.2) is 26.4 Å². The molecule has 0 aromatic carbocycles. The molecule has 0 atom stereocenters. The van der Waals surface area contributed by atoms with Crippen LogP contribution in [0.2, 0.25) is 0 Å². The van der Waals surface area contributed by atoms with Crippen molar-refractivity contribution >= 4 is 0 Å². The van der Waals surface area contributed by atoms with Gasteiger partial charge in [0.25, 0.3) is 0 Å². The summed E-state index contributed by atoms with van der Waals surface area (Å²) in [7, 11) is 0.943. The third kappa shape index (κ3) is 4.29. The summed E-state index contributed by atoms with van der Waals surface area (Å²) in [5, 5.41) is 0. The average Bonchev–Trinajstić information content (AvgIpc) is 1.84. The predicted molar refractivity (Wildman–Crippen MR) is 28.4 cm³/mol. The average molecular weight is 140 g/mol. The van der Waals surface area contributed by atoms with E-state index in [2.05, 4.69) is 9.47 Å². The first kappa shape index (κ1) is 8.78. The minimum atomic E-state index is -3.13. The monoisotopic (exact) mass is 140 g/mol. The summed E-state index contributed by atoms with van der Waals surface area (Å²) >= 11 is 0. The van der Waals surface area contributed by atoms with E-state index in [1.807, 2.05) is 0 Å². The lowest BCUT2D eigenvalue weighted by Gasteiger charge is -2.12. The number of ether oxygens (including phenoxy) is 2. The van der Waals surface area contributed by atoms with E-state index in [1.165, 1.54) is 0 Å². The minimum absolute atomic E-state index is 0.277. The van der Waals surface area contributed by atoms with E-state index in [0.29, 0.717) is 0 Å². The summed E-state index contributed by atoms with van der Waals surface area (Å²) in [4.78, 5) is 0. The molecule has 0 rings (SSSR count). The van der Waals surface area contributed by atoms with Crippen LogP contribution < -0.4 is 0 Å². The van der Waals surface area contributed by atoms with E-state index >= 15 is 0 Å². The van der Waals surface area contributed by atoms with Gasteiger partial charge in [-0.1, -0.05) is 0 Å². The summed E-state index contributed by atoms with van der Waals surface area (Å²) < 4.78 is 32.2. The predicted octanol–water partition coefficient (Wildman–Crippen LogP) is 1.26. The highest BCUT2D eigenvalue weighted by atomic mass is 19.3. The molecule has 0 saturated heterocycles. The zero-order chi connectivity index (χ0) is 7.33.